The molecule has 5 heteroatoms. The molecule has 1 aromatic heterocycles. The maximum atomic E-state index is 11.9. The zero-order valence-corrected chi connectivity index (χ0v) is 12.3. The lowest BCUT2D eigenvalue weighted by Gasteiger charge is -2.38. The molecule has 0 aliphatic carbocycles. The van der Waals surface area contributed by atoms with Crippen LogP contribution >= 0.6 is 0 Å². The van der Waals surface area contributed by atoms with Gasteiger partial charge in [0.2, 0.25) is 0 Å². The second kappa shape index (κ2) is 7.24. The lowest BCUT2D eigenvalue weighted by molar-refractivity contribution is -0.149. The van der Waals surface area contributed by atoms with Gasteiger partial charge in [-0.15, -0.1) is 0 Å². The molecule has 20 heavy (non-hydrogen) atoms. The molecule has 2 heterocycles. The van der Waals surface area contributed by atoms with Crippen LogP contribution < -0.4 is 4.90 Å². The Labute approximate surface area is 120 Å². The largest absolute Gasteiger partial charge is 0.465 e. The Morgan fingerprint density at radius 2 is 1.90 bits per heavy atom. The van der Waals surface area contributed by atoms with Crippen molar-refractivity contribution >= 4 is 11.7 Å². The summed E-state index contributed by atoms with van der Waals surface area (Å²) in [5, 5.41) is 0. The highest BCUT2D eigenvalue weighted by Crippen LogP contribution is 2.17. The first-order chi connectivity index (χ1) is 9.76. The van der Waals surface area contributed by atoms with Crippen LogP contribution in [-0.4, -0.2) is 54.7 Å². The lowest BCUT2D eigenvalue weighted by atomic mass is 10.1. The molecule has 1 aliphatic heterocycles. The van der Waals surface area contributed by atoms with E-state index in [9.17, 15) is 4.79 Å². The van der Waals surface area contributed by atoms with E-state index in [1.807, 2.05) is 38.4 Å². The molecule has 1 saturated heterocycles. The molecule has 1 aromatic rings. The molecule has 1 fully saturated rings. The minimum Gasteiger partial charge on any atom is -0.465 e. The van der Waals surface area contributed by atoms with Gasteiger partial charge in [-0.1, -0.05) is 6.92 Å². The van der Waals surface area contributed by atoms with E-state index in [0.29, 0.717) is 6.61 Å². The monoisotopic (exact) mass is 277 g/mol. The molecule has 0 N–H and O–H groups in total. The summed E-state index contributed by atoms with van der Waals surface area (Å²) in [4.78, 5) is 20.5. The number of esters is 1. The highest BCUT2D eigenvalue weighted by molar-refractivity contribution is 5.75. The van der Waals surface area contributed by atoms with Gasteiger partial charge in [-0.25, -0.2) is 0 Å². The molecule has 0 amide bonds. The summed E-state index contributed by atoms with van der Waals surface area (Å²) in [6.45, 7) is 7.98. The minimum absolute atomic E-state index is 0.0904. The molecule has 1 aliphatic rings. The van der Waals surface area contributed by atoms with Crippen molar-refractivity contribution in [1.82, 2.24) is 9.88 Å². The number of hydrogen-bond donors (Lipinski definition) is 0. The Balaban J connectivity index is 1.91. The van der Waals surface area contributed by atoms with Crippen LogP contribution in [0.3, 0.4) is 0 Å². The Kier molecular flexibility index (Phi) is 5.35. The Morgan fingerprint density at radius 1 is 1.25 bits per heavy atom. The third-order valence-corrected chi connectivity index (χ3v) is 3.73. The fraction of sp³-hybridized carbons (Fsp3) is 0.600. The number of carbonyl (C=O) groups excluding carboxylic acids is 1. The molecule has 110 valence electrons. The quantitative estimate of drug-likeness (QED) is 0.764. The van der Waals surface area contributed by atoms with Crippen molar-refractivity contribution < 1.29 is 9.53 Å². The number of hydrogen-bond acceptors (Lipinski definition) is 5. The van der Waals surface area contributed by atoms with Crippen molar-refractivity contribution in [2.75, 3.05) is 37.7 Å². The van der Waals surface area contributed by atoms with Crippen molar-refractivity contribution in [3.05, 3.63) is 24.5 Å². The van der Waals surface area contributed by atoms with E-state index in [0.717, 1.165) is 32.6 Å². The van der Waals surface area contributed by atoms with Crippen LogP contribution in [0.5, 0.6) is 0 Å². The Hall–Kier alpha value is -1.62. The molecular weight excluding hydrogens is 254 g/mol. The number of carbonyl (C=O) groups is 1. The summed E-state index contributed by atoms with van der Waals surface area (Å²) in [6.07, 6.45) is 4.43. The third kappa shape index (κ3) is 3.48. The van der Waals surface area contributed by atoms with Crippen LogP contribution in [0.1, 0.15) is 20.3 Å². The van der Waals surface area contributed by atoms with Crippen LogP contribution in [0.4, 0.5) is 5.69 Å². The second-order valence-electron chi connectivity index (χ2n) is 4.90. The minimum atomic E-state index is -0.102. The SMILES string of the molecule is CCOC(=O)C(CC)N1CCN(c2ccncc2)CC1. The van der Waals surface area contributed by atoms with Gasteiger partial charge in [0.25, 0.3) is 0 Å². The van der Waals surface area contributed by atoms with Gasteiger partial charge in [0.15, 0.2) is 0 Å². The summed E-state index contributed by atoms with van der Waals surface area (Å²) >= 11 is 0. The number of piperazine rings is 1. The van der Waals surface area contributed by atoms with Gasteiger partial charge in [-0.05, 0) is 25.5 Å². The van der Waals surface area contributed by atoms with Gasteiger partial charge in [0, 0.05) is 44.3 Å². The van der Waals surface area contributed by atoms with E-state index in [-0.39, 0.29) is 12.0 Å². The standard InChI is InChI=1S/C15H23N3O2/c1-3-14(15(19)20-4-2)18-11-9-17(10-12-18)13-5-7-16-8-6-13/h5-8,14H,3-4,9-12H2,1-2H3. The Bertz CT molecular complexity index is 416. The molecule has 2 rings (SSSR count). The van der Waals surface area contributed by atoms with Gasteiger partial charge in [0.05, 0.1) is 6.61 Å². The van der Waals surface area contributed by atoms with Gasteiger partial charge in [-0.3, -0.25) is 14.7 Å². The van der Waals surface area contributed by atoms with E-state index >= 15 is 0 Å². The van der Waals surface area contributed by atoms with E-state index in [1.54, 1.807) is 0 Å². The van der Waals surface area contributed by atoms with Gasteiger partial charge in [-0.2, -0.15) is 0 Å². The molecule has 0 bridgehead atoms. The Morgan fingerprint density at radius 3 is 2.45 bits per heavy atom. The van der Waals surface area contributed by atoms with Gasteiger partial charge >= 0.3 is 5.97 Å². The van der Waals surface area contributed by atoms with Crippen LogP contribution in [0.15, 0.2) is 24.5 Å². The maximum Gasteiger partial charge on any atom is 0.323 e. The summed E-state index contributed by atoms with van der Waals surface area (Å²) in [5.41, 5.74) is 1.20. The van der Waals surface area contributed by atoms with E-state index in [1.165, 1.54) is 5.69 Å². The van der Waals surface area contributed by atoms with Crippen molar-refractivity contribution in [3.63, 3.8) is 0 Å². The molecule has 1 atom stereocenters. The average molecular weight is 277 g/mol. The zero-order chi connectivity index (χ0) is 14.4. The summed E-state index contributed by atoms with van der Waals surface area (Å²) in [7, 11) is 0. The smallest absolute Gasteiger partial charge is 0.323 e. The van der Waals surface area contributed by atoms with E-state index in [4.69, 9.17) is 4.74 Å². The first kappa shape index (κ1) is 14.8. The molecule has 1 unspecified atom stereocenters. The molecule has 0 radical (unpaired) electrons. The number of pyridine rings is 1. The average Bonchev–Trinajstić information content (AvgIpc) is 2.50. The van der Waals surface area contributed by atoms with Crippen molar-refractivity contribution in [2.45, 2.75) is 26.3 Å². The molecule has 0 aromatic carbocycles. The number of rotatable bonds is 5. The fourth-order valence-electron chi connectivity index (χ4n) is 2.66. The topological polar surface area (TPSA) is 45.7 Å². The van der Waals surface area contributed by atoms with E-state index < -0.39 is 0 Å². The number of aromatic nitrogens is 1. The van der Waals surface area contributed by atoms with E-state index in [2.05, 4.69) is 14.8 Å². The van der Waals surface area contributed by atoms with Crippen molar-refractivity contribution in [3.8, 4) is 0 Å². The normalized spacial score (nSPS) is 17.8. The third-order valence-electron chi connectivity index (χ3n) is 3.73. The highest BCUT2D eigenvalue weighted by Gasteiger charge is 2.28. The molecular formula is C15H23N3O2. The fourth-order valence-corrected chi connectivity index (χ4v) is 2.66. The number of anilines is 1. The predicted molar refractivity (Wildman–Crippen MR) is 78.7 cm³/mol. The number of nitrogens with zero attached hydrogens (tertiary/aromatic N) is 3. The van der Waals surface area contributed by atoms with Crippen molar-refractivity contribution in [2.24, 2.45) is 0 Å². The maximum absolute atomic E-state index is 11.9. The molecule has 0 saturated carbocycles. The first-order valence-corrected chi connectivity index (χ1v) is 7.32. The predicted octanol–water partition coefficient (Wildman–Crippen LogP) is 1.55. The lowest BCUT2D eigenvalue weighted by Crippen LogP contribution is -2.53. The molecule has 5 nitrogen and oxygen atoms in total. The zero-order valence-electron chi connectivity index (χ0n) is 12.3. The van der Waals surface area contributed by atoms with Crippen LogP contribution in [0.2, 0.25) is 0 Å². The first-order valence-electron chi connectivity index (χ1n) is 7.32. The van der Waals surface area contributed by atoms with Crippen molar-refractivity contribution in [1.29, 1.82) is 0 Å². The molecule has 0 spiro atoms. The van der Waals surface area contributed by atoms with Crippen LogP contribution in [-0.2, 0) is 9.53 Å². The summed E-state index contributed by atoms with van der Waals surface area (Å²) < 4.78 is 5.16. The summed E-state index contributed by atoms with van der Waals surface area (Å²) in [6, 6.07) is 3.95. The van der Waals surface area contributed by atoms with Crippen LogP contribution in [0, 0.1) is 0 Å². The number of ether oxygens (including phenoxy) is 1. The second-order valence-corrected chi connectivity index (χ2v) is 4.90. The van der Waals surface area contributed by atoms with Gasteiger partial charge < -0.3 is 9.64 Å². The highest BCUT2D eigenvalue weighted by atomic mass is 16.5. The van der Waals surface area contributed by atoms with Gasteiger partial charge in [0.1, 0.15) is 6.04 Å². The van der Waals surface area contributed by atoms with Crippen LogP contribution in [0.25, 0.3) is 0 Å². The summed E-state index contributed by atoms with van der Waals surface area (Å²) in [5.74, 6) is -0.0904.